The number of anilines is 1. The molecular formula is C24H26ClN3O4. The van der Waals surface area contributed by atoms with Gasteiger partial charge in [0.15, 0.2) is 11.5 Å². The van der Waals surface area contributed by atoms with Crippen LogP contribution < -0.4 is 25.4 Å². The van der Waals surface area contributed by atoms with Crippen LogP contribution in [0.2, 0.25) is 5.02 Å². The minimum atomic E-state index is -0.755. The van der Waals surface area contributed by atoms with E-state index in [9.17, 15) is 9.59 Å². The molecule has 7 nitrogen and oxygen atoms in total. The number of rotatable bonds is 6. The Morgan fingerprint density at radius 2 is 1.84 bits per heavy atom. The van der Waals surface area contributed by atoms with Gasteiger partial charge in [-0.25, -0.2) is 4.79 Å². The van der Waals surface area contributed by atoms with Gasteiger partial charge in [0.2, 0.25) is 0 Å². The smallest absolute Gasteiger partial charge is 0.319 e. The van der Waals surface area contributed by atoms with Crippen molar-refractivity contribution in [2.24, 2.45) is 0 Å². The van der Waals surface area contributed by atoms with Crippen molar-refractivity contribution in [2.75, 3.05) is 12.4 Å². The average molecular weight is 456 g/mol. The van der Waals surface area contributed by atoms with E-state index in [4.69, 9.17) is 21.1 Å². The van der Waals surface area contributed by atoms with Crippen LogP contribution in [0.5, 0.6) is 11.5 Å². The third-order valence-electron chi connectivity index (χ3n) is 5.74. The normalized spacial score (nSPS) is 18.7. The molecule has 1 saturated carbocycles. The monoisotopic (exact) mass is 455 g/mol. The lowest BCUT2D eigenvalue weighted by Crippen LogP contribution is -2.46. The lowest BCUT2D eigenvalue weighted by molar-refractivity contribution is -0.113. The molecule has 1 atom stereocenters. The highest BCUT2D eigenvalue weighted by atomic mass is 35.5. The summed E-state index contributed by atoms with van der Waals surface area (Å²) in [5, 5.41) is 8.74. The van der Waals surface area contributed by atoms with Gasteiger partial charge in [0.25, 0.3) is 5.91 Å². The third kappa shape index (κ3) is 4.67. The minimum Gasteiger partial charge on any atom is -0.493 e. The second-order valence-corrected chi connectivity index (χ2v) is 8.35. The Kier molecular flexibility index (Phi) is 6.55. The fourth-order valence-corrected chi connectivity index (χ4v) is 4.42. The van der Waals surface area contributed by atoms with Crippen molar-refractivity contribution < 1.29 is 19.1 Å². The highest BCUT2D eigenvalue weighted by molar-refractivity contribution is 6.31. The number of para-hydroxylation sites is 1. The summed E-state index contributed by atoms with van der Waals surface area (Å²) in [5.41, 5.74) is 2.02. The largest absolute Gasteiger partial charge is 0.493 e. The highest BCUT2D eigenvalue weighted by Gasteiger charge is 2.33. The Balaban J connectivity index is 1.68. The van der Waals surface area contributed by atoms with Crippen LogP contribution in [0.1, 0.15) is 44.2 Å². The fourth-order valence-electron chi connectivity index (χ4n) is 4.16. The fraction of sp³-hybridized carbons (Fsp3) is 0.333. The van der Waals surface area contributed by atoms with E-state index in [2.05, 4.69) is 16.0 Å². The van der Waals surface area contributed by atoms with Gasteiger partial charge in [-0.1, -0.05) is 29.8 Å². The second kappa shape index (κ2) is 9.53. The molecule has 0 radical (unpaired) electrons. The predicted molar refractivity (Wildman–Crippen MR) is 123 cm³/mol. The molecule has 3 amide bonds. The van der Waals surface area contributed by atoms with Gasteiger partial charge in [0.1, 0.15) is 0 Å². The van der Waals surface area contributed by atoms with Gasteiger partial charge in [-0.2, -0.15) is 0 Å². The Hall–Kier alpha value is -3.19. The molecule has 1 aliphatic carbocycles. The summed E-state index contributed by atoms with van der Waals surface area (Å²) in [6.07, 6.45) is 4.42. The number of nitrogens with one attached hydrogen (secondary N) is 3. The predicted octanol–water partition coefficient (Wildman–Crippen LogP) is 4.94. The van der Waals surface area contributed by atoms with Crippen LogP contribution in [0.3, 0.4) is 0 Å². The topological polar surface area (TPSA) is 88.7 Å². The number of ether oxygens (including phenoxy) is 2. The number of methoxy groups -OCH3 is 1. The van der Waals surface area contributed by atoms with Gasteiger partial charge in [-0.15, -0.1) is 0 Å². The molecule has 0 saturated heterocycles. The molecule has 2 aromatic carbocycles. The van der Waals surface area contributed by atoms with E-state index in [-0.39, 0.29) is 12.0 Å². The number of urea groups is 1. The summed E-state index contributed by atoms with van der Waals surface area (Å²) in [7, 11) is 1.56. The quantitative estimate of drug-likeness (QED) is 0.575. The molecule has 1 aliphatic heterocycles. The minimum absolute atomic E-state index is 0.138. The summed E-state index contributed by atoms with van der Waals surface area (Å²) >= 11 is 6.64. The van der Waals surface area contributed by atoms with Crippen molar-refractivity contribution in [3.8, 4) is 11.5 Å². The van der Waals surface area contributed by atoms with E-state index in [0.29, 0.717) is 39.0 Å². The summed E-state index contributed by atoms with van der Waals surface area (Å²) in [5.74, 6) is 0.724. The SMILES string of the molecule is COc1cc([C@@H]2NC(=O)NC(C)=C2C(=O)Nc2ccccc2)c(Cl)cc1OC1CCCC1. The first-order valence-corrected chi connectivity index (χ1v) is 11.0. The zero-order chi connectivity index (χ0) is 22.7. The Morgan fingerprint density at radius 3 is 2.53 bits per heavy atom. The molecule has 0 unspecified atom stereocenters. The molecule has 168 valence electrons. The Morgan fingerprint density at radius 1 is 1.12 bits per heavy atom. The van der Waals surface area contributed by atoms with E-state index in [0.717, 1.165) is 25.7 Å². The van der Waals surface area contributed by atoms with E-state index in [1.807, 2.05) is 18.2 Å². The molecule has 0 bridgehead atoms. The van der Waals surface area contributed by atoms with Gasteiger partial charge in [0, 0.05) is 23.0 Å². The van der Waals surface area contributed by atoms with Gasteiger partial charge >= 0.3 is 6.03 Å². The summed E-state index contributed by atoms with van der Waals surface area (Å²) in [4.78, 5) is 25.4. The molecule has 3 N–H and O–H groups in total. The molecule has 32 heavy (non-hydrogen) atoms. The maximum Gasteiger partial charge on any atom is 0.319 e. The van der Waals surface area contributed by atoms with Crippen molar-refractivity contribution in [3.05, 3.63) is 64.3 Å². The molecule has 4 rings (SSSR count). The number of carbonyl (C=O) groups excluding carboxylic acids is 2. The maximum atomic E-state index is 13.2. The maximum absolute atomic E-state index is 13.2. The van der Waals surface area contributed by atoms with Crippen LogP contribution in [0, 0.1) is 0 Å². The van der Waals surface area contributed by atoms with Crippen LogP contribution >= 0.6 is 11.6 Å². The number of benzene rings is 2. The third-order valence-corrected chi connectivity index (χ3v) is 6.06. The van der Waals surface area contributed by atoms with Gasteiger partial charge in [-0.3, -0.25) is 4.79 Å². The number of carbonyl (C=O) groups is 2. The number of hydrogen-bond acceptors (Lipinski definition) is 4. The number of halogens is 1. The van der Waals surface area contributed by atoms with Crippen molar-refractivity contribution >= 4 is 29.2 Å². The van der Waals surface area contributed by atoms with Crippen LogP contribution in [0.4, 0.5) is 10.5 Å². The number of allylic oxidation sites excluding steroid dienone is 1. The van der Waals surface area contributed by atoms with Crippen LogP contribution in [-0.4, -0.2) is 25.2 Å². The lowest BCUT2D eigenvalue weighted by Gasteiger charge is -2.30. The summed E-state index contributed by atoms with van der Waals surface area (Å²) in [6, 6.07) is 11.4. The Bertz CT molecular complexity index is 1050. The standard InChI is InChI=1S/C24H26ClN3O4/c1-14-21(23(29)27-15-8-4-3-5-9-15)22(28-24(30)26-14)17-12-19(31-2)20(13-18(17)25)32-16-10-6-7-11-16/h3-5,8-9,12-13,16,22H,6-7,10-11H2,1-2H3,(H,27,29)(H2,26,28,30)/t22-/m0/s1. The molecule has 2 aliphatic rings. The molecule has 0 aromatic heterocycles. The van der Waals surface area contributed by atoms with E-state index in [1.54, 1.807) is 38.3 Å². The summed E-state index contributed by atoms with van der Waals surface area (Å²) < 4.78 is 11.7. The van der Waals surface area contributed by atoms with Gasteiger partial charge in [0.05, 0.1) is 29.9 Å². The number of amides is 3. The van der Waals surface area contributed by atoms with Crippen molar-refractivity contribution in [3.63, 3.8) is 0 Å². The van der Waals surface area contributed by atoms with Crippen LogP contribution in [0.15, 0.2) is 53.7 Å². The first-order valence-electron chi connectivity index (χ1n) is 10.6. The highest BCUT2D eigenvalue weighted by Crippen LogP contribution is 2.40. The van der Waals surface area contributed by atoms with Crippen LogP contribution in [0.25, 0.3) is 0 Å². The number of hydrogen-bond donors (Lipinski definition) is 3. The Labute approximate surface area is 192 Å². The lowest BCUT2D eigenvalue weighted by atomic mass is 9.94. The first-order chi connectivity index (χ1) is 15.5. The van der Waals surface area contributed by atoms with Crippen molar-refractivity contribution in [1.82, 2.24) is 10.6 Å². The van der Waals surface area contributed by atoms with Crippen LogP contribution in [-0.2, 0) is 4.79 Å². The van der Waals surface area contributed by atoms with Gasteiger partial charge in [-0.05, 0) is 50.8 Å². The summed E-state index contributed by atoms with van der Waals surface area (Å²) in [6.45, 7) is 1.69. The van der Waals surface area contributed by atoms with E-state index >= 15 is 0 Å². The molecular weight excluding hydrogens is 430 g/mol. The molecule has 2 aromatic rings. The van der Waals surface area contributed by atoms with E-state index < -0.39 is 12.1 Å². The van der Waals surface area contributed by atoms with Crippen molar-refractivity contribution in [2.45, 2.75) is 44.8 Å². The molecule has 1 fully saturated rings. The zero-order valence-electron chi connectivity index (χ0n) is 18.0. The van der Waals surface area contributed by atoms with Crippen molar-refractivity contribution in [1.29, 1.82) is 0 Å². The van der Waals surface area contributed by atoms with E-state index in [1.165, 1.54) is 0 Å². The second-order valence-electron chi connectivity index (χ2n) is 7.94. The first kappa shape index (κ1) is 22.0. The average Bonchev–Trinajstić information content (AvgIpc) is 3.27. The zero-order valence-corrected chi connectivity index (χ0v) is 18.8. The molecule has 8 heteroatoms. The van der Waals surface area contributed by atoms with Gasteiger partial charge < -0.3 is 25.4 Å². The molecule has 0 spiro atoms. The molecule has 1 heterocycles.